The topological polar surface area (TPSA) is 95.4 Å². The molecule has 0 unspecified atom stereocenters. The van der Waals surface area contributed by atoms with Crippen LogP contribution < -0.4 is 21.4 Å². The molecule has 2 aromatic heterocycles. The minimum absolute atomic E-state index is 0.323. The molecule has 0 spiro atoms. The first-order chi connectivity index (χ1) is 13.0. The standard InChI is InChI=1S/C18H22N6O3/c1-5-24-14-15(22(3)18(26)23(4)16(14)25)20-17(24)21-19-11-12-7-9-13(10-8-12)27-6-2/h7-11H,5-6H2,1-4H3,(H,20,21)/b19-11+. The molecule has 0 radical (unpaired) electrons. The van der Waals surface area contributed by atoms with Crippen LogP contribution in [0.1, 0.15) is 19.4 Å². The molecule has 3 rings (SSSR count). The summed E-state index contributed by atoms with van der Waals surface area (Å²) in [5.74, 6) is 1.19. The molecular weight excluding hydrogens is 348 g/mol. The normalized spacial score (nSPS) is 11.4. The molecule has 142 valence electrons. The van der Waals surface area contributed by atoms with Crippen LogP contribution in [-0.4, -0.2) is 31.5 Å². The van der Waals surface area contributed by atoms with Gasteiger partial charge in [0.2, 0.25) is 5.95 Å². The van der Waals surface area contributed by atoms with Gasteiger partial charge in [0.15, 0.2) is 11.2 Å². The van der Waals surface area contributed by atoms with Gasteiger partial charge in [0, 0.05) is 20.6 Å². The summed E-state index contributed by atoms with van der Waals surface area (Å²) < 4.78 is 9.53. The molecule has 0 aliphatic heterocycles. The summed E-state index contributed by atoms with van der Waals surface area (Å²) in [4.78, 5) is 29.0. The van der Waals surface area contributed by atoms with Gasteiger partial charge in [-0.3, -0.25) is 13.9 Å². The lowest BCUT2D eigenvalue weighted by molar-refractivity contribution is 0.340. The van der Waals surface area contributed by atoms with Crippen molar-refractivity contribution in [1.82, 2.24) is 18.7 Å². The highest BCUT2D eigenvalue weighted by Gasteiger charge is 2.17. The predicted octanol–water partition coefficient (Wildman–Crippen LogP) is 1.30. The molecule has 9 nitrogen and oxygen atoms in total. The number of hydrogen-bond donors (Lipinski definition) is 1. The van der Waals surface area contributed by atoms with E-state index >= 15 is 0 Å². The van der Waals surface area contributed by atoms with E-state index in [1.54, 1.807) is 17.8 Å². The van der Waals surface area contributed by atoms with Crippen LogP contribution in [0.5, 0.6) is 5.75 Å². The molecule has 0 saturated heterocycles. The third-order valence-corrected chi connectivity index (χ3v) is 4.23. The maximum Gasteiger partial charge on any atom is 0.332 e. The number of aromatic nitrogens is 4. The summed E-state index contributed by atoms with van der Waals surface area (Å²) in [7, 11) is 3.04. The smallest absolute Gasteiger partial charge is 0.332 e. The molecule has 0 bridgehead atoms. The van der Waals surface area contributed by atoms with Crippen molar-refractivity contribution in [2.75, 3.05) is 12.0 Å². The Morgan fingerprint density at radius 1 is 1.15 bits per heavy atom. The summed E-state index contributed by atoms with van der Waals surface area (Å²) in [5, 5.41) is 4.20. The minimum atomic E-state index is -0.419. The summed E-state index contributed by atoms with van der Waals surface area (Å²) in [6.07, 6.45) is 1.65. The number of rotatable bonds is 6. The molecular formula is C18H22N6O3. The molecule has 1 N–H and O–H groups in total. The van der Waals surface area contributed by atoms with Crippen molar-refractivity contribution >= 4 is 23.3 Å². The molecule has 3 aromatic rings. The second kappa shape index (κ2) is 7.48. The number of imidazole rings is 1. The van der Waals surface area contributed by atoms with Crippen molar-refractivity contribution in [2.45, 2.75) is 20.4 Å². The number of nitrogens with one attached hydrogen (secondary N) is 1. The van der Waals surface area contributed by atoms with E-state index in [-0.39, 0.29) is 5.56 Å². The lowest BCUT2D eigenvalue weighted by Crippen LogP contribution is -2.37. The highest BCUT2D eigenvalue weighted by Crippen LogP contribution is 2.15. The highest BCUT2D eigenvalue weighted by atomic mass is 16.5. The van der Waals surface area contributed by atoms with E-state index in [1.807, 2.05) is 38.1 Å². The van der Waals surface area contributed by atoms with Crippen LogP contribution in [0.15, 0.2) is 39.0 Å². The van der Waals surface area contributed by atoms with E-state index in [4.69, 9.17) is 4.74 Å². The van der Waals surface area contributed by atoms with Gasteiger partial charge in [-0.05, 0) is 43.7 Å². The average Bonchev–Trinajstić information content (AvgIpc) is 3.05. The lowest BCUT2D eigenvalue weighted by atomic mass is 10.2. The van der Waals surface area contributed by atoms with Gasteiger partial charge in [-0.2, -0.15) is 10.1 Å². The Bertz CT molecular complexity index is 1110. The van der Waals surface area contributed by atoms with E-state index in [0.29, 0.717) is 30.3 Å². The van der Waals surface area contributed by atoms with Gasteiger partial charge in [0.25, 0.3) is 5.56 Å². The van der Waals surface area contributed by atoms with Crippen LogP contribution in [-0.2, 0) is 20.6 Å². The highest BCUT2D eigenvalue weighted by molar-refractivity contribution is 5.80. The van der Waals surface area contributed by atoms with Crippen LogP contribution in [0.2, 0.25) is 0 Å². The maximum absolute atomic E-state index is 12.5. The summed E-state index contributed by atoms with van der Waals surface area (Å²) in [6, 6.07) is 7.51. The van der Waals surface area contributed by atoms with Crippen LogP contribution in [0.3, 0.4) is 0 Å². The first kappa shape index (κ1) is 18.4. The van der Waals surface area contributed by atoms with E-state index in [9.17, 15) is 9.59 Å². The molecule has 0 saturated carbocycles. The van der Waals surface area contributed by atoms with Crippen molar-refractivity contribution in [3.8, 4) is 5.75 Å². The van der Waals surface area contributed by atoms with Gasteiger partial charge in [-0.1, -0.05) is 0 Å². The Labute approximate surface area is 155 Å². The molecule has 9 heteroatoms. The van der Waals surface area contributed by atoms with E-state index < -0.39 is 5.69 Å². The Balaban J connectivity index is 1.93. The van der Waals surface area contributed by atoms with Crippen molar-refractivity contribution in [1.29, 1.82) is 0 Å². The SMILES string of the molecule is CCOc1ccc(/C=N/Nc2nc3c(c(=O)n(C)c(=O)n3C)n2CC)cc1. The number of benzene rings is 1. The second-order valence-electron chi connectivity index (χ2n) is 5.93. The van der Waals surface area contributed by atoms with E-state index in [2.05, 4.69) is 15.5 Å². The first-order valence-electron chi connectivity index (χ1n) is 8.66. The fraction of sp³-hybridized carbons (Fsp3) is 0.333. The Morgan fingerprint density at radius 2 is 1.85 bits per heavy atom. The number of aryl methyl sites for hydroxylation is 2. The Morgan fingerprint density at radius 3 is 2.48 bits per heavy atom. The summed E-state index contributed by atoms with van der Waals surface area (Å²) >= 11 is 0. The van der Waals surface area contributed by atoms with Gasteiger partial charge in [-0.25, -0.2) is 10.2 Å². The molecule has 0 aliphatic rings. The maximum atomic E-state index is 12.5. The summed E-state index contributed by atoms with van der Waals surface area (Å²) in [5.41, 5.74) is 3.63. The van der Waals surface area contributed by atoms with Gasteiger partial charge in [0.05, 0.1) is 12.8 Å². The van der Waals surface area contributed by atoms with Gasteiger partial charge in [-0.15, -0.1) is 0 Å². The molecule has 27 heavy (non-hydrogen) atoms. The average molecular weight is 370 g/mol. The van der Waals surface area contributed by atoms with Gasteiger partial charge < -0.3 is 9.30 Å². The zero-order chi connectivity index (χ0) is 19.6. The van der Waals surface area contributed by atoms with E-state index in [1.165, 1.54) is 11.6 Å². The number of ether oxygens (including phenoxy) is 1. The van der Waals surface area contributed by atoms with Crippen molar-refractivity contribution in [3.05, 3.63) is 50.7 Å². The van der Waals surface area contributed by atoms with Gasteiger partial charge >= 0.3 is 5.69 Å². The third kappa shape index (κ3) is 3.35. The van der Waals surface area contributed by atoms with E-state index in [0.717, 1.165) is 15.9 Å². The first-order valence-corrected chi connectivity index (χ1v) is 8.66. The Kier molecular flexibility index (Phi) is 5.11. The third-order valence-electron chi connectivity index (χ3n) is 4.23. The minimum Gasteiger partial charge on any atom is -0.494 e. The van der Waals surface area contributed by atoms with Crippen molar-refractivity contribution in [2.24, 2.45) is 19.2 Å². The fourth-order valence-electron chi connectivity index (χ4n) is 2.82. The molecule has 0 amide bonds. The zero-order valence-electron chi connectivity index (χ0n) is 15.8. The fourth-order valence-corrected chi connectivity index (χ4v) is 2.82. The number of nitrogens with zero attached hydrogens (tertiary/aromatic N) is 5. The number of fused-ring (bicyclic) bond motifs is 1. The van der Waals surface area contributed by atoms with Crippen molar-refractivity contribution in [3.63, 3.8) is 0 Å². The molecule has 0 fully saturated rings. The largest absolute Gasteiger partial charge is 0.494 e. The van der Waals surface area contributed by atoms with Crippen molar-refractivity contribution < 1.29 is 4.74 Å². The predicted molar refractivity (Wildman–Crippen MR) is 105 cm³/mol. The van der Waals surface area contributed by atoms with Crippen LogP contribution in [0.4, 0.5) is 5.95 Å². The monoisotopic (exact) mass is 370 g/mol. The number of hydrazone groups is 1. The molecule has 0 atom stereocenters. The number of anilines is 1. The van der Waals surface area contributed by atoms with Crippen LogP contribution >= 0.6 is 0 Å². The molecule has 0 aliphatic carbocycles. The van der Waals surface area contributed by atoms with Crippen LogP contribution in [0, 0.1) is 0 Å². The quantitative estimate of drug-likeness (QED) is 0.521. The lowest BCUT2D eigenvalue weighted by Gasteiger charge is -2.06. The van der Waals surface area contributed by atoms with Crippen LogP contribution in [0.25, 0.3) is 11.2 Å². The second-order valence-corrected chi connectivity index (χ2v) is 5.93. The number of hydrogen-bond acceptors (Lipinski definition) is 6. The molecule has 1 aromatic carbocycles. The molecule has 2 heterocycles. The van der Waals surface area contributed by atoms with Gasteiger partial charge in [0.1, 0.15) is 5.75 Å². The zero-order valence-corrected chi connectivity index (χ0v) is 15.8. The summed E-state index contributed by atoms with van der Waals surface area (Å²) in [6.45, 7) is 4.95. The Hall–Kier alpha value is -3.36.